The summed E-state index contributed by atoms with van der Waals surface area (Å²) in [5, 5.41) is 6.79. The second kappa shape index (κ2) is 8.27. The van der Waals surface area contributed by atoms with E-state index in [0.717, 1.165) is 35.4 Å². The number of nitrogens with one attached hydrogen (secondary N) is 3. The van der Waals surface area contributed by atoms with Crippen molar-refractivity contribution in [1.82, 2.24) is 25.3 Å². The van der Waals surface area contributed by atoms with Crippen molar-refractivity contribution in [2.45, 2.75) is 46.7 Å². The molecule has 1 unspecified atom stereocenters. The van der Waals surface area contributed by atoms with Gasteiger partial charge in [0.15, 0.2) is 0 Å². The van der Waals surface area contributed by atoms with Crippen molar-refractivity contribution in [3.63, 3.8) is 0 Å². The Hall–Kier alpha value is -2.47. The molecule has 0 aliphatic heterocycles. The van der Waals surface area contributed by atoms with E-state index in [1.165, 1.54) is 5.56 Å². The molecule has 0 saturated heterocycles. The van der Waals surface area contributed by atoms with Crippen molar-refractivity contribution in [1.29, 1.82) is 0 Å². The standard InChI is InChI=1S/C20H28N6/c1-5-8-21-20-23-11-15(12-24-20)10-22-18(13(2)3)19-25-16-7-6-14(4)9-17(16)26-19/h6-7,9,11-13,18,22H,5,8,10H2,1-4H3,(H,25,26)(H,21,23,24). The molecule has 6 heteroatoms. The summed E-state index contributed by atoms with van der Waals surface area (Å²) in [6.45, 7) is 10.2. The van der Waals surface area contributed by atoms with Crippen LogP contribution < -0.4 is 10.6 Å². The molecule has 0 radical (unpaired) electrons. The van der Waals surface area contributed by atoms with Crippen LogP contribution in [-0.2, 0) is 6.54 Å². The molecule has 3 aromatic rings. The number of fused-ring (bicyclic) bond motifs is 1. The molecule has 0 aliphatic rings. The Balaban J connectivity index is 1.70. The first kappa shape index (κ1) is 18.3. The van der Waals surface area contributed by atoms with E-state index in [9.17, 15) is 0 Å². The van der Waals surface area contributed by atoms with Gasteiger partial charge in [-0.3, -0.25) is 0 Å². The van der Waals surface area contributed by atoms with E-state index in [1.54, 1.807) is 0 Å². The fourth-order valence-corrected chi connectivity index (χ4v) is 2.94. The third-order valence-corrected chi connectivity index (χ3v) is 4.38. The quantitative estimate of drug-likeness (QED) is 0.572. The lowest BCUT2D eigenvalue weighted by Crippen LogP contribution is -2.26. The predicted molar refractivity (Wildman–Crippen MR) is 106 cm³/mol. The fourth-order valence-electron chi connectivity index (χ4n) is 2.94. The fraction of sp³-hybridized carbons (Fsp3) is 0.450. The van der Waals surface area contributed by atoms with Gasteiger partial charge in [-0.05, 0) is 37.0 Å². The average Bonchev–Trinajstić information content (AvgIpc) is 3.03. The molecular weight excluding hydrogens is 324 g/mol. The van der Waals surface area contributed by atoms with Gasteiger partial charge in [-0.2, -0.15) is 0 Å². The van der Waals surface area contributed by atoms with Crippen LogP contribution in [0.1, 0.15) is 50.2 Å². The number of aromatic nitrogens is 4. The van der Waals surface area contributed by atoms with Crippen LogP contribution in [0, 0.1) is 12.8 Å². The number of rotatable bonds is 8. The molecule has 0 bridgehead atoms. The maximum atomic E-state index is 4.78. The van der Waals surface area contributed by atoms with Crippen LogP contribution >= 0.6 is 0 Å². The summed E-state index contributed by atoms with van der Waals surface area (Å²) in [5.74, 6) is 2.06. The highest BCUT2D eigenvalue weighted by molar-refractivity contribution is 5.75. The summed E-state index contributed by atoms with van der Waals surface area (Å²) in [6.07, 6.45) is 4.80. The highest BCUT2D eigenvalue weighted by Crippen LogP contribution is 2.23. The monoisotopic (exact) mass is 352 g/mol. The van der Waals surface area contributed by atoms with E-state index in [2.05, 4.69) is 71.5 Å². The Morgan fingerprint density at radius 3 is 2.62 bits per heavy atom. The molecule has 0 saturated carbocycles. The number of aromatic amines is 1. The molecule has 3 N–H and O–H groups in total. The Morgan fingerprint density at radius 2 is 1.92 bits per heavy atom. The summed E-state index contributed by atoms with van der Waals surface area (Å²) in [4.78, 5) is 17.0. The van der Waals surface area contributed by atoms with Gasteiger partial charge in [0.2, 0.25) is 5.95 Å². The minimum absolute atomic E-state index is 0.139. The SMILES string of the molecule is CCCNc1ncc(CNC(c2nc3ccc(C)cc3[nH]2)C(C)C)cn1. The van der Waals surface area contributed by atoms with Crippen molar-refractivity contribution < 1.29 is 0 Å². The lowest BCUT2D eigenvalue weighted by molar-refractivity contribution is 0.395. The zero-order chi connectivity index (χ0) is 18.5. The van der Waals surface area contributed by atoms with Crippen molar-refractivity contribution >= 4 is 17.0 Å². The summed E-state index contributed by atoms with van der Waals surface area (Å²) in [6, 6.07) is 6.44. The number of hydrogen-bond acceptors (Lipinski definition) is 5. The zero-order valence-corrected chi connectivity index (χ0v) is 16.0. The Morgan fingerprint density at radius 1 is 1.15 bits per heavy atom. The van der Waals surface area contributed by atoms with E-state index in [1.807, 2.05) is 12.4 Å². The average molecular weight is 352 g/mol. The maximum absolute atomic E-state index is 4.78. The zero-order valence-electron chi connectivity index (χ0n) is 16.0. The summed E-state index contributed by atoms with van der Waals surface area (Å²) < 4.78 is 0. The van der Waals surface area contributed by atoms with Gasteiger partial charge in [-0.25, -0.2) is 15.0 Å². The van der Waals surface area contributed by atoms with Crippen LogP contribution in [0.3, 0.4) is 0 Å². The summed E-state index contributed by atoms with van der Waals surface area (Å²) in [5.41, 5.74) is 4.38. The molecule has 26 heavy (non-hydrogen) atoms. The lowest BCUT2D eigenvalue weighted by Gasteiger charge is -2.20. The molecule has 138 valence electrons. The highest BCUT2D eigenvalue weighted by Gasteiger charge is 2.19. The van der Waals surface area contributed by atoms with Crippen LogP contribution in [0.5, 0.6) is 0 Å². The normalized spacial score (nSPS) is 12.7. The molecule has 0 amide bonds. The molecule has 0 aliphatic carbocycles. The molecule has 6 nitrogen and oxygen atoms in total. The van der Waals surface area contributed by atoms with Crippen LogP contribution in [0.15, 0.2) is 30.6 Å². The Labute approximate surface area is 154 Å². The lowest BCUT2D eigenvalue weighted by atomic mass is 10.0. The first-order valence-electron chi connectivity index (χ1n) is 9.31. The summed E-state index contributed by atoms with van der Waals surface area (Å²) in [7, 11) is 0. The van der Waals surface area contributed by atoms with Crippen LogP contribution in [-0.4, -0.2) is 26.5 Å². The van der Waals surface area contributed by atoms with Crippen molar-refractivity contribution in [2.24, 2.45) is 5.92 Å². The van der Waals surface area contributed by atoms with Crippen LogP contribution in [0.25, 0.3) is 11.0 Å². The third kappa shape index (κ3) is 4.38. The minimum atomic E-state index is 0.139. The number of aryl methyl sites for hydroxylation is 1. The number of hydrogen-bond donors (Lipinski definition) is 3. The summed E-state index contributed by atoms with van der Waals surface area (Å²) >= 11 is 0. The van der Waals surface area contributed by atoms with E-state index < -0.39 is 0 Å². The van der Waals surface area contributed by atoms with Gasteiger partial charge in [0.25, 0.3) is 0 Å². The van der Waals surface area contributed by atoms with Crippen molar-refractivity contribution in [2.75, 3.05) is 11.9 Å². The van der Waals surface area contributed by atoms with Gasteiger partial charge < -0.3 is 15.6 Å². The Bertz CT molecular complexity index is 837. The molecule has 2 heterocycles. The molecule has 3 rings (SSSR count). The molecular formula is C20H28N6. The topological polar surface area (TPSA) is 78.5 Å². The van der Waals surface area contributed by atoms with Crippen LogP contribution in [0.4, 0.5) is 5.95 Å². The van der Waals surface area contributed by atoms with E-state index in [-0.39, 0.29) is 6.04 Å². The number of anilines is 1. The van der Waals surface area contributed by atoms with Gasteiger partial charge in [-0.15, -0.1) is 0 Å². The second-order valence-corrected chi connectivity index (χ2v) is 7.09. The first-order valence-corrected chi connectivity index (χ1v) is 9.31. The van der Waals surface area contributed by atoms with E-state index in [0.29, 0.717) is 18.4 Å². The van der Waals surface area contributed by atoms with Crippen LogP contribution in [0.2, 0.25) is 0 Å². The van der Waals surface area contributed by atoms with Crippen molar-refractivity contribution in [3.8, 4) is 0 Å². The minimum Gasteiger partial charge on any atom is -0.354 e. The number of imidazole rings is 1. The number of H-pyrrole nitrogens is 1. The van der Waals surface area contributed by atoms with Gasteiger partial charge >= 0.3 is 0 Å². The first-order chi connectivity index (χ1) is 12.6. The molecule has 1 atom stereocenters. The van der Waals surface area contributed by atoms with E-state index in [4.69, 9.17) is 4.98 Å². The van der Waals surface area contributed by atoms with E-state index >= 15 is 0 Å². The predicted octanol–water partition coefficient (Wildman–Crippen LogP) is 3.97. The second-order valence-electron chi connectivity index (χ2n) is 7.09. The van der Waals surface area contributed by atoms with Gasteiger partial charge in [0.05, 0.1) is 17.1 Å². The van der Waals surface area contributed by atoms with Gasteiger partial charge in [-0.1, -0.05) is 26.8 Å². The molecule has 0 spiro atoms. The maximum Gasteiger partial charge on any atom is 0.222 e. The van der Waals surface area contributed by atoms with Gasteiger partial charge in [0, 0.05) is 31.0 Å². The Kier molecular flexibility index (Phi) is 5.83. The number of nitrogens with zero attached hydrogens (tertiary/aromatic N) is 3. The molecule has 1 aromatic carbocycles. The number of benzene rings is 1. The largest absolute Gasteiger partial charge is 0.354 e. The highest BCUT2D eigenvalue weighted by atomic mass is 15.1. The third-order valence-electron chi connectivity index (χ3n) is 4.38. The smallest absolute Gasteiger partial charge is 0.222 e. The molecule has 2 aromatic heterocycles. The van der Waals surface area contributed by atoms with Crippen molar-refractivity contribution in [3.05, 3.63) is 47.5 Å². The molecule has 0 fully saturated rings. The van der Waals surface area contributed by atoms with Gasteiger partial charge in [0.1, 0.15) is 5.82 Å².